The van der Waals surface area contributed by atoms with Crippen molar-refractivity contribution in [1.82, 2.24) is 14.9 Å². The fourth-order valence-electron chi connectivity index (χ4n) is 3.53. The van der Waals surface area contributed by atoms with Gasteiger partial charge in [-0.2, -0.15) is 0 Å². The van der Waals surface area contributed by atoms with Crippen LogP contribution in [0.3, 0.4) is 0 Å². The minimum Gasteiger partial charge on any atom is -0.300 e. The summed E-state index contributed by atoms with van der Waals surface area (Å²) in [6, 6.07) is 0.876. The van der Waals surface area contributed by atoms with Gasteiger partial charge in [0.25, 0.3) is 0 Å². The third kappa shape index (κ3) is 2.72. The van der Waals surface area contributed by atoms with Gasteiger partial charge in [-0.25, -0.2) is 0 Å². The van der Waals surface area contributed by atoms with Gasteiger partial charge in [0.1, 0.15) is 0 Å². The molecular weight excluding hydrogens is 222 g/mol. The maximum absolute atomic E-state index is 4.46. The summed E-state index contributed by atoms with van der Waals surface area (Å²) in [6.07, 6.45) is 15.2. The molecule has 3 nitrogen and oxygen atoms in total. The molecule has 0 aromatic carbocycles. The second kappa shape index (κ2) is 5.79. The van der Waals surface area contributed by atoms with E-state index in [1.165, 1.54) is 63.7 Å². The van der Waals surface area contributed by atoms with E-state index in [1.54, 1.807) is 6.20 Å². The number of aromatic nitrogens is 2. The van der Waals surface area contributed by atoms with Gasteiger partial charge < -0.3 is 4.90 Å². The highest BCUT2D eigenvalue weighted by Gasteiger charge is 2.27. The van der Waals surface area contributed by atoms with Gasteiger partial charge in [0.05, 0.1) is 5.69 Å². The largest absolute Gasteiger partial charge is 0.300 e. The van der Waals surface area contributed by atoms with Crippen LogP contribution < -0.4 is 0 Å². The molecule has 1 aliphatic heterocycles. The van der Waals surface area contributed by atoms with E-state index in [9.17, 15) is 0 Å². The lowest BCUT2D eigenvalue weighted by Crippen LogP contribution is -2.42. The van der Waals surface area contributed by atoms with E-state index in [2.05, 4.69) is 14.9 Å². The first-order chi connectivity index (χ1) is 8.93. The Kier molecular flexibility index (Phi) is 3.89. The van der Waals surface area contributed by atoms with Crippen molar-refractivity contribution < 1.29 is 0 Å². The first-order valence-corrected chi connectivity index (χ1v) is 7.43. The Labute approximate surface area is 110 Å². The van der Waals surface area contributed by atoms with Crippen molar-refractivity contribution in [2.24, 2.45) is 0 Å². The lowest BCUT2D eigenvalue weighted by molar-refractivity contribution is 0.121. The number of piperidine rings is 1. The fourth-order valence-corrected chi connectivity index (χ4v) is 3.53. The maximum Gasteiger partial charge on any atom is 0.0618 e. The van der Waals surface area contributed by atoms with Crippen LogP contribution in [0.1, 0.15) is 56.6 Å². The van der Waals surface area contributed by atoms with Gasteiger partial charge in [-0.05, 0) is 38.8 Å². The van der Waals surface area contributed by atoms with Gasteiger partial charge in [-0.15, -0.1) is 0 Å². The van der Waals surface area contributed by atoms with Crippen LogP contribution in [0, 0.1) is 0 Å². The van der Waals surface area contributed by atoms with Crippen LogP contribution in [0.5, 0.6) is 0 Å². The lowest BCUT2D eigenvalue weighted by Gasteiger charge is -2.39. The molecule has 0 N–H and O–H groups in total. The topological polar surface area (TPSA) is 29.0 Å². The van der Waals surface area contributed by atoms with E-state index in [0.29, 0.717) is 5.92 Å². The van der Waals surface area contributed by atoms with Gasteiger partial charge in [0, 0.05) is 30.6 Å². The van der Waals surface area contributed by atoms with Gasteiger partial charge in [-0.3, -0.25) is 9.97 Å². The van der Waals surface area contributed by atoms with Crippen molar-refractivity contribution in [3.63, 3.8) is 0 Å². The van der Waals surface area contributed by atoms with Crippen molar-refractivity contribution in [3.8, 4) is 0 Å². The fraction of sp³-hybridized carbons (Fsp3) is 0.733. The number of likely N-dealkylation sites (tertiary alicyclic amines) is 1. The van der Waals surface area contributed by atoms with Gasteiger partial charge in [0.15, 0.2) is 0 Å². The molecule has 3 heteroatoms. The molecule has 0 amide bonds. The summed E-state index contributed by atoms with van der Waals surface area (Å²) in [5.74, 6) is 0.638. The molecule has 1 saturated heterocycles. The zero-order valence-corrected chi connectivity index (χ0v) is 11.1. The Morgan fingerprint density at radius 2 is 1.72 bits per heavy atom. The second-order valence-corrected chi connectivity index (χ2v) is 5.73. The normalized spacial score (nSPS) is 24.2. The Morgan fingerprint density at radius 3 is 2.39 bits per heavy atom. The first kappa shape index (κ1) is 12.1. The van der Waals surface area contributed by atoms with Crippen LogP contribution in [0.25, 0.3) is 0 Å². The predicted molar refractivity (Wildman–Crippen MR) is 72.5 cm³/mol. The van der Waals surface area contributed by atoms with E-state index >= 15 is 0 Å². The molecule has 98 valence electrons. The number of nitrogens with zero attached hydrogens (tertiary/aromatic N) is 3. The Morgan fingerprint density at radius 1 is 0.944 bits per heavy atom. The van der Waals surface area contributed by atoms with Crippen molar-refractivity contribution in [2.75, 3.05) is 13.1 Å². The van der Waals surface area contributed by atoms with Gasteiger partial charge in [-0.1, -0.05) is 19.3 Å². The summed E-state index contributed by atoms with van der Waals surface area (Å²) >= 11 is 0. The van der Waals surface area contributed by atoms with Gasteiger partial charge in [0.2, 0.25) is 0 Å². The molecule has 0 atom stereocenters. The van der Waals surface area contributed by atoms with Crippen molar-refractivity contribution in [2.45, 2.75) is 56.9 Å². The minimum absolute atomic E-state index is 0.638. The highest BCUT2D eigenvalue weighted by Crippen LogP contribution is 2.30. The predicted octanol–water partition coefficient (Wildman–Crippen LogP) is 2.99. The van der Waals surface area contributed by atoms with Crippen LogP contribution in [0.2, 0.25) is 0 Å². The molecule has 0 radical (unpaired) electrons. The zero-order valence-electron chi connectivity index (χ0n) is 11.1. The molecule has 2 heterocycles. The summed E-state index contributed by atoms with van der Waals surface area (Å²) in [4.78, 5) is 11.4. The average molecular weight is 245 g/mol. The molecule has 2 fully saturated rings. The van der Waals surface area contributed by atoms with Crippen molar-refractivity contribution in [1.29, 1.82) is 0 Å². The molecule has 1 aliphatic carbocycles. The molecular formula is C15H23N3. The molecule has 18 heavy (non-hydrogen) atoms. The second-order valence-electron chi connectivity index (χ2n) is 5.73. The molecule has 1 saturated carbocycles. The summed E-state index contributed by atoms with van der Waals surface area (Å²) in [5, 5.41) is 0. The Bertz CT molecular complexity index is 351. The minimum atomic E-state index is 0.638. The summed E-state index contributed by atoms with van der Waals surface area (Å²) in [7, 11) is 0. The smallest absolute Gasteiger partial charge is 0.0618 e. The Hall–Kier alpha value is -0.960. The number of hydrogen-bond donors (Lipinski definition) is 0. The van der Waals surface area contributed by atoms with Crippen LogP contribution in [-0.4, -0.2) is 34.0 Å². The third-order valence-electron chi connectivity index (χ3n) is 4.62. The molecule has 0 unspecified atom stereocenters. The molecule has 3 rings (SSSR count). The van der Waals surface area contributed by atoms with Crippen molar-refractivity contribution >= 4 is 0 Å². The van der Waals surface area contributed by atoms with Gasteiger partial charge >= 0.3 is 0 Å². The highest BCUT2D eigenvalue weighted by molar-refractivity contribution is 5.05. The molecule has 1 aromatic rings. The third-order valence-corrected chi connectivity index (χ3v) is 4.62. The van der Waals surface area contributed by atoms with Crippen LogP contribution in [0.4, 0.5) is 0 Å². The molecule has 0 bridgehead atoms. The summed E-state index contributed by atoms with van der Waals surface area (Å²) in [6.45, 7) is 2.51. The van der Waals surface area contributed by atoms with E-state index in [1.807, 2.05) is 12.4 Å². The zero-order chi connectivity index (χ0) is 12.2. The van der Waals surface area contributed by atoms with E-state index in [-0.39, 0.29) is 0 Å². The van der Waals surface area contributed by atoms with Crippen LogP contribution in [0.15, 0.2) is 18.6 Å². The summed E-state index contributed by atoms with van der Waals surface area (Å²) in [5.41, 5.74) is 1.20. The first-order valence-electron chi connectivity index (χ1n) is 7.43. The van der Waals surface area contributed by atoms with Crippen LogP contribution >= 0.6 is 0 Å². The number of hydrogen-bond acceptors (Lipinski definition) is 3. The van der Waals surface area contributed by atoms with Crippen LogP contribution in [-0.2, 0) is 0 Å². The summed E-state index contributed by atoms with van der Waals surface area (Å²) < 4.78 is 0. The monoisotopic (exact) mass is 245 g/mol. The lowest BCUT2D eigenvalue weighted by atomic mass is 9.89. The Balaban J connectivity index is 1.54. The molecule has 2 aliphatic rings. The van der Waals surface area contributed by atoms with Crippen molar-refractivity contribution in [3.05, 3.63) is 24.3 Å². The van der Waals surface area contributed by atoms with E-state index < -0.39 is 0 Å². The molecule has 0 spiro atoms. The standard InChI is InChI=1S/C15H23N3/c1-2-4-14(5-3-1)18-10-6-13(7-11-18)15-12-16-8-9-17-15/h8-9,12-14H,1-7,10-11H2. The van der Waals surface area contributed by atoms with E-state index in [4.69, 9.17) is 0 Å². The maximum atomic E-state index is 4.46. The highest BCUT2D eigenvalue weighted by atomic mass is 15.2. The number of rotatable bonds is 2. The SMILES string of the molecule is c1cnc(C2CCN(C3CCCCC3)CC2)cn1. The van der Waals surface area contributed by atoms with E-state index in [0.717, 1.165) is 6.04 Å². The quantitative estimate of drug-likeness (QED) is 0.802. The average Bonchev–Trinajstić information content (AvgIpc) is 2.49. The molecule has 1 aromatic heterocycles.